The molecule has 180 valence electrons. The van der Waals surface area contributed by atoms with E-state index in [1.807, 2.05) is 13.0 Å². The molecule has 0 radical (unpaired) electrons. The lowest BCUT2D eigenvalue weighted by Crippen LogP contribution is -2.47. The first-order valence-electron chi connectivity index (χ1n) is 11.8. The molecular weight excluding hydrogens is 436 g/mol. The van der Waals surface area contributed by atoms with E-state index in [1.54, 1.807) is 0 Å². The van der Waals surface area contributed by atoms with Gasteiger partial charge in [0.2, 0.25) is 19.9 Å². The first-order chi connectivity index (χ1) is 14.4. The van der Waals surface area contributed by atoms with Crippen LogP contribution in [0.1, 0.15) is 75.9 Å². The second-order valence-electron chi connectivity index (χ2n) is 12.4. The molecule has 0 aliphatic carbocycles. The zero-order valence-electron chi connectivity index (χ0n) is 21.9. The summed E-state index contributed by atoms with van der Waals surface area (Å²) in [6.07, 6.45) is 1.42. The summed E-state index contributed by atoms with van der Waals surface area (Å²) in [6, 6.07) is 1.93. The Labute approximate surface area is 196 Å². The quantitative estimate of drug-likeness (QED) is 0.437. The third-order valence-electron chi connectivity index (χ3n) is 7.95. The fraction of sp³-hybridized carbons (Fsp3) is 0.720. The average molecular weight is 479 g/mol. The van der Waals surface area contributed by atoms with Crippen molar-refractivity contribution in [3.63, 3.8) is 0 Å². The van der Waals surface area contributed by atoms with Gasteiger partial charge < -0.3 is 18.3 Å². The van der Waals surface area contributed by atoms with Crippen molar-refractivity contribution >= 4 is 22.4 Å². The van der Waals surface area contributed by atoms with E-state index in [9.17, 15) is 4.79 Å². The fourth-order valence-electron chi connectivity index (χ4n) is 3.58. The van der Waals surface area contributed by atoms with Crippen LogP contribution in [-0.4, -0.2) is 34.8 Å². The number of rotatable bonds is 4. The van der Waals surface area contributed by atoms with Crippen molar-refractivity contribution in [1.29, 1.82) is 0 Å². The average Bonchev–Trinajstić information content (AvgIpc) is 3.10. The standard InChI is InChI=1S/C25H42O5Si2/c1-17-20(29-31(8,9)23(2,3)4)15-18-19(21(17)30-32(10,11)24(5,6)7)16-28-25(22(18)26)13-12-14-27-25/h15H,12-14,16H2,1-11H3/t25-/m1/s1. The summed E-state index contributed by atoms with van der Waals surface area (Å²) in [5.41, 5.74) is 2.42. The van der Waals surface area contributed by atoms with Crippen LogP contribution < -0.4 is 8.85 Å². The maximum Gasteiger partial charge on any atom is 0.250 e. The molecule has 1 saturated heterocycles. The van der Waals surface area contributed by atoms with Gasteiger partial charge in [-0.1, -0.05) is 41.5 Å². The summed E-state index contributed by atoms with van der Waals surface area (Å²) >= 11 is 0. The van der Waals surface area contributed by atoms with Gasteiger partial charge in [-0.25, -0.2) is 0 Å². The molecule has 1 aromatic rings. The third-order valence-corrected chi connectivity index (χ3v) is 16.6. The minimum atomic E-state index is -2.16. The van der Waals surface area contributed by atoms with Crippen molar-refractivity contribution in [2.24, 2.45) is 0 Å². The molecule has 0 N–H and O–H groups in total. The van der Waals surface area contributed by atoms with Crippen LogP contribution in [0.15, 0.2) is 6.07 Å². The van der Waals surface area contributed by atoms with Gasteiger partial charge in [-0.2, -0.15) is 0 Å². The Morgan fingerprint density at radius 3 is 2.00 bits per heavy atom. The minimum Gasteiger partial charge on any atom is -0.543 e. The topological polar surface area (TPSA) is 54.0 Å². The number of carbonyl (C=O) groups excluding carboxylic acids is 1. The van der Waals surface area contributed by atoms with Gasteiger partial charge in [0.05, 0.1) is 13.2 Å². The minimum absolute atomic E-state index is 0.0257. The molecule has 0 saturated carbocycles. The largest absolute Gasteiger partial charge is 0.543 e. The van der Waals surface area contributed by atoms with E-state index in [0.29, 0.717) is 25.2 Å². The monoisotopic (exact) mass is 478 g/mol. The predicted molar refractivity (Wildman–Crippen MR) is 134 cm³/mol. The van der Waals surface area contributed by atoms with E-state index in [4.69, 9.17) is 18.3 Å². The summed E-state index contributed by atoms with van der Waals surface area (Å²) in [4.78, 5) is 13.6. The van der Waals surface area contributed by atoms with Crippen LogP contribution in [0, 0.1) is 6.92 Å². The van der Waals surface area contributed by atoms with Crippen molar-refractivity contribution in [2.45, 2.75) is 110 Å². The highest BCUT2D eigenvalue weighted by Gasteiger charge is 2.50. The summed E-state index contributed by atoms with van der Waals surface area (Å²) in [7, 11) is -4.28. The smallest absolute Gasteiger partial charge is 0.250 e. The lowest BCUT2D eigenvalue weighted by Gasteiger charge is -2.41. The molecule has 0 unspecified atom stereocenters. The van der Waals surface area contributed by atoms with Crippen molar-refractivity contribution in [3.05, 3.63) is 22.8 Å². The molecule has 0 aromatic heterocycles. The summed E-state index contributed by atoms with van der Waals surface area (Å²) < 4.78 is 25.5. The zero-order valence-corrected chi connectivity index (χ0v) is 23.9. The first-order valence-corrected chi connectivity index (χ1v) is 17.6. The van der Waals surface area contributed by atoms with Crippen molar-refractivity contribution in [1.82, 2.24) is 0 Å². The van der Waals surface area contributed by atoms with E-state index in [0.717, 1.165) is 29.0 Å². The van der Waals surface area contributed by atoms with Crippen LogP contribution in [0.25, 0.3) is 0 Å². The molecule has 3 rings (SSSR count). The van der Waals surface area contributed by atoms with Crippen LogP contribution in [0.5, 0.6) is 11.5 Å². The SMILES string of the molecule is Cc1c(O[Si](C)(C)C(C)(C)C)cc2c(c1O[Si](C)(C)C(C)(C)C)CO[C@]1(CCCO1)C2=O. The molecule has 2 aliphatic heterocycles. The third kappa shape index (κ3) is 4.33. The van der Waals surface area contributed by atoms with Crippen molar-refractivity contribution in [2.75, 3.05) is 6.61 Å². The Balaban J connectivity index is 2.18. The molecule has 0 bridgehead atoms. The number of Topliss-reactive ketones (excluding diaryl/α,β-unsaturated/α-hetero) is 1. The molecule has 1 atom stereocenters. The van der Waals surface area contributed by atoms with Gasteiger partial charge in [-0.15, -0.1) is 0 Å². The number of ether oxygens (including phenoxy) is 2. The van der Waals surface area contributed by atoms with E-state index in [1.165, 1.54) is 0 Å². The van der Waals surface area contributed by atoms with Gasteiger partial charge in [0.25, 0.3) is 8.32 Å². The molecule has 5 nitrogen and oxygen atoms in total. The highest BCUT2D eigenvalue weighted by Crippen LogP contribution is 2.48. The van der Waals surface area contributed by atoms with E-state index in [2.05, 4.69) is 67.7 Å². The predicted octanol–water partition coefficient (Wildman–Crippen LogP) is 6.98. The second kappa shape index (κ2) is 7.96. The van der Waals surface area contributed by atoms with Crippen LogP contribution >= 0.6 is 0 Å². The molecule has 1 fully saturated rings. The van der Waals surface area contributed by atoms with Gasteiger partial charge in [-0.3, -0.25) is 4.79 Å². The molecular formula is C25H42O5Si2. The van der Waals surface area contributed by atoms with Gasteiger partial charge >= 0.3 is 0 Å². The number of carbonyl (C=O) groups is 1. The Morgan fingerprint density at radius 1 is 0.938 bits per heavy atom. The van der Waals surface area contributed by atoms with Gasteiger partial charge in [-0.05, 0) is 55.7 Å². The molecule has 32 heavy (non-hydrogen) atoms. The number of benzene rings is 1. The van der Waals surface area contributed by atoms with Crippen LogP contribution in [0.3, 0.4) is 0 Å². The molecule has 0 amide bonds. The highest BCUT2D eigenvalue weighted by atomic mass is 28.4. The van der Waals surface area contributed by atoms with E-state index >= 15 is 0 Å². The maximum atomic E-state index is 13.6. The Morgan fingerprint density at radius 2 is 1.50 bits per heavy atom. The van der Waals surface area contributed by atoms with Gasteiger partial charge in [0, 0.05) is 23.1 Å². The van der Waals surface area contributed by atoms with Gasteiger partial charge in [0.15, 0.2) is 0 Å². The van der Waals surface area contributed by atoms with Crippen LogP contribution in [-0.2, 0) is 16.1 Å². The summed E-state index contributed by atoms with van der Waals surface area (Å²) in [6.45, 7) is 25.2. The van der Waals surface area contributed by atoms with E-state index in [-0.39, 0.29) is 15.9 Å². The number of hydrogen-bond donors (Lipinski definition) is 0. The molecule has 7 heteroatoms. The Bertz CT molecular complexity index is 900. The van der Waals surface area contributed by atoms with Crippen molar-refractivity contribution < 1.29 is 23.1 Å². The number of hydrogen-bond acceptors (Lipinski definition) is 5. The molecule has 1 spiro atoms. The Hall–Kier alpha value is -1.16. The van der Waals surface area contributed by atoms with Crippen molar-refractivity contribution in [3.8, 4) is 11.5 Å². The van der Waals surface area contributed by atoms with Crippen LogP contribution in [0.4, 0.5) is 0 Å². The first kappa shape index (κ1) is 25.5. The van der Waals surface area contributed by atoms with Crippen LogP contribution in [0.2, 0.25) is 36.3 Å². The maximum absolute atomic E-state index is 13.6. The molecule has 2 heterocycles. The Kier molecular flexibility index (Phi) is 6.34. The number of fused-ring (bicyclic) bond motifs is 1. The summed E-state index contributed by atoms with van der Waals surface area (Å²) in [5, 5.41) is 0.0661. The summed E-state index contributed by atoms with van der Waals surface area (Å²) in [5.74, 6) is 0.276. The second-order valence-corrected chi connectivity index (χ2v) is 21.9. The molecule has 2 aliphatic rings. The number of ketones is 1. The lowest BCUT2D eigenvalue weighted by molar-refractivity contribution is -0.185. The lowest BCUT2D eigenvalue weighted by atomic mass is 9.91. The normalized spacial score (nSPS) is 22.3. The van der Waals surface area contributed by atoms with E-state index < -0.39 is 22.4 Å². The highest BCUT2D eigenvalue weighted by molar-refractivity contribution is 6.75. The zero-order chi connectivity index (χ0) is 24.3. The fourth-order valence-corrected chi connectivity index (χ4v) is 5.74. The van der Waals surface area contributed by atoms with Gasteiger partial charge in [0.1, 0.15) is 11.5 Å². The molecule has 1 aromatic carbocycles.